The van der Waals surface area contributed by atoms with Crippen LogP contribution in [0.5, 0.6) is 0 Å². The zero-order valence-corrected chi connectivity index (χ0v) is 15.1. The predicted octanol–water partition coefficient (Wildman–Crippen LogP) is 4.20. The maximum atomic E-state index is 12.1. The standard InChI is InChI=1S/C16H31F3N2O2/c1-12(11-21(6)14(22)23-15(3,4)5)10-20-13(2)8-7-9-16(17,18)19/h12-13,20H,7-11H2,1-6H3. The van der Waals surface area contributed by atoms with E-state index in [4.69, 9.17) is 4.74 Å². The van der Waals surface area contributed by atoms with E-state index in [1.54, 1.807) is 7.05 Å². The van der Waals surface area contributed by atoms with Gasteiger partial charge in [0.15, 0.2) is 0 Å². The summed E-state index contributed by atoms with van der Waals surface area (Å²) in [5, 5.41) is 3.22. The highest BCUT2D eigenvalue weighted by molar-refractivity contribution is 5.67. The van der Waals surface area contributed by atoms with E-state index < -0.39 is 18.2 Å². The zero-order valence-electron chi connectivity index (χ0n) is 15.1. The topological polar surface area (TPSA) is 41.6 Å². The molecule has 1 amide bonds. The SMILES string of the molecule is CC(CNC(C)CCCC(F)(F)F)CN(C)C(=O)OC(C)(C)C. The summed E-state index contributed by atoms with van der Waals surface area (Å²) in [6.07, 6.45) is -4.58. The number of carbonyl (C=O) groups is 1. The van der Waals surface area contributed by atoms with Gasteiger partial charge < -0.3 is 15.0 Å². The summed E-state index contributed by atoms with van der Waals surface area (Å²) >= 11 is 0. The molecule has 0 spiro atoms. The first-order valence-corrected chi connectivity index (χ1v) is 8.04. The third-order valence-electron chi connectivity index (χ3n) is 3.20. The van der Waals surface area contributed by atoms with E-state index in [2.05, 4.69) is 5.32 Å². The van der Waals surface area contributed by atoms with Crippen LogP contribution in [0.2, 0.25) is 0 Å². The van der Waals surface area contributed by atoms with Crippen molar-refractivity contribution in [3.05, 3.63) is 0 Å². The first-order chi connectivity index (χ1) is 10.3. The van der Waals surface area contributed by atoms with Crippen LogP contribution in [-0.2, 0) is 4.74 Å². The lowest BCUT2D eigenvalue weighted by molar-refractivity contribution is -0.135. The Bertz CT molecular complexity index is 354. The lowest BCUT2D eigenvalue weighted by atomic mass is 10.1. The number of ether oxygens (including phenoxy) is 1. The molecule has 0 aromatic heterocycles. The predicted molar refractivity (Wildman–Crippen MR) is 85.4 cm³/mol. The van der Waals surface area contributed by atoms with Gasteiger partial charge in [-0.05, 0) is 53.0 Å². The van der Waals surface area contributed by atoms with Crippen LogP contribution in [0.3, 0.4) is 0 Å². The average molecular weight is 340 g/mol. The van der Waals surface area contributed by atoms with Crippen molar-refractivity contribution in [2.24, 2.45) is 5.92 Å². The summed E-state index contributed by atoms with van der Waals surface area (Å²) in [6, 6.07) is 0.0200. The van der Waals surface area contributed by atoms with Gasteiger partial charge in [-0.2, -0.15) is 13.2 Å². The van der Waals surface area contributed by atoms with E-state index in [0.717, 1.165) is 0 Å². The Labute approximate surface area is 137 Å². The van der Waals surface area contributed by atoms with Gasteiger partial charge in [0, 0.05) is 26.1 Å². The van der Waals surface area contributed by atoms with E-state index in [-0.39, 0.29) is 24.5 Å². The molecule has 23 heavy (non-hydrogen) atoms. The molecule has 0 bridgehead atoms. The Morgan fingerprint density at radius 2 is 1.78 bits per heavy atom. The molecule has 0 aliphatic heterocycles. The molecule has 7 heteroatoms. The van der Waals surface area contributed by atoms with Gasteiger partial charge >= 0.3 is 12.3 Å². The van der Waals surface area contributed by atoms with Crippen LogP contribution >= 0.6 is 0 Å². The van der Waals surface area contributed by atoms with Crippen LogP contribution in [0, 0.1) is 5.92 Å². The van der Waals surface area contributed by atoms with Crippen molar-refractivity contribution in [3.63, 3.8) is 0 Å². The fourth-order valence-corrected chi connectivity index (χ4v) is 2.06. The minimum absolute atomic E-state index is 0.0200. The third kappa shape index (κ3) is 13.2. The smallest absolute Gasteiger partial charge is 0.410 e. The maximum Gasteiger partial charge on any atom is 0.410 e. The summed E-state index contributed by atoms with van der Waals surface area (Å²) in [5.41, 5.74) is -0.528. The summed E-state index contributed by atoms with van der Waals surface area (Å²) in [4.78, 5) is 13.4. The van der Waals surface area contributed by atoms with Crippen molar-refractivity contribution in [3.8, 4) is 0 Å². The number of amides is 1. The number of alkyl halides is 3. The van der Waals surface area contributed by atoms with Gasteiger partial charge in [-0.3, -0.25) is 0 Å². The van der Waals surface area contributed by atoms with E-state index in [9.17, 15) is 18.0 Å². The lowest BCUT2D eigenvalue weighted by Crippen LogP contribution is -2.39. The highest BCUT2D eigenvalue weighted by atomic mass is 19.4. The molecule has 0 fully saturated rings. The van der Waals surface area contributed by atoms with Crippen LogP contribution in [-0.4, -0.2) is 48.9 Å². The van der Waals surface area contributed by atoms with Gasteiger partial charge in [0.25, 0.3) is 0 Å². The van der Waals surface area contributed by atoms with E-state index >= 15 is 0 Å². The number of halogens is 3. The molecule has 0 aromatic carbocycles. The third-order valence-corrected chi connectivity index (χ3v) is 3.20. The lowest BCUT2D eigenvalue weighted by Gasteiger charge is -2.27. The average Bonchev–Trinajstić information content (AvgIpc) is 2.32. The van der Waals surface area contributed by atoms with Gasteiger partial charge in [0.2, 0.25) is 0 Å². The molecule has 0 aliphatic carbocycles. The number of rotatable bonds is 8. The van der Waals surface area contributed by atoms with Gasteiger partial charge in [-0.25, -0.2) is 4.79 Å². The number of hydrogen-bond donors (Lipinski definition) is 1. The summed E-state index contributed by atoms with van der Waals surface area (Å²) in [6.45, 7) is 10.5. The Kier molecular flexibility index (Phi) is 8.95. The second kappa shape index (κ2) is 9.35. The summed E-state index contributed by atoms with van der Waals surface area (Å²) in [7, 11) is 1.68. The zero-order chi connectivity index (χ0) is 18.3. The highest BCUT2D eigenvalue weighted by Gasteiger charge is 2.26. The van der Waals surface area contributed by atoms with Crippen molar-refractivity contribution >= 4 is 6.09 Å². The minimum Gasteiger partial charge on any atom is -0.444 e. The molecular weight excluding hydrogens is 309 g/mol. The van der Waals surface area contributed by atoms with Crippen LogP contribution in [0.25, 0.3) is 0 Å². The van der Waals surface area contributed by atoms with Crippen molar-refractivity contribution in [2.45, 2.75) is 71.7 Å². The van der Waals surface area contributed by atoms with Crippen LogP contribution in [0.1, 0.15) is 53.9 Å². The second-order valence-corrected chi connectivity index (χ2v) is 7.28. The summed E-state index contributed by atoms with van der Waals surface area (Å²) in [5.74, 6) is 0.178. The summed E-state index contributed by atoms with van der Waals surface area (Å²) < 4.78 is 41.5. The molecule has 2 unspecified atom stereocenters. The Hall–Kier alpha value is -0.980. The molecule has 0 aliphatic rings. The maximum absolute atomic E-state index is 12.1. The minimum atomic E-state index is -4.08. The molecular formula is C16H31F3N2O2. The second-order valence-electron chi connectivity index (χ2n) is 7.28. The molecule has 0 saturated carbocycles. The number of nitrogens with one attached hydrogen (secondary N) is 1. The number of nitrogens with zero attached hydrogens (tertiary/aromatic N) is 1. The van der Waals surface area contributed by atoms with Crippen LogP contribution in [0.4, 0.5) is 18.0 Å². The largest absolute Gasteiger partial charge is 0.444 e. The van der Waals surface area contributed by atoms with Gasteiger partial charge in [0.05, 0.1) is 0 Å². The highest BCUT2D eigenvalue weighted by Crippen LogP contribution is 2.22. The molecule has 0 rings (SSSR count). The van der Waals surface area contributed by atoms with Crippen LogP contribution < -0.4 is 5.32 Å². The van der Waals surface area contributed by atoms with Gasteiger partial charge in [0.1, 0.15) is 5.60 Å². The normalized spacial score (nSPS) is 15.2. The van der Waals surface area contributed by atoms with Crippen molar-refractivity contribution < 1.29 is 22.7 Å². The fraction of sp³-hybridized carbons (Fsp3) is 0.938. The van der Waals surface area contributed by atoms with Gasteiger partial charge in [-0.1, -0.05) is 6.92 Å². The molecule has 0 aromatic rings. The molecule has 2 atom stereocenters. The first-order valence-electron chi connectivity index (χ1n) is 8.04. The van der Waals surface area contributed by atoms with E-state index in [0.29, 0.717) is 19.5 Å². The van der Waals surface area contributed by atoms with Crippen LogP contribution in [0.15, 0.2) is 0 Å². The monoisotopic (exact) mass is 340 g/mol. The molecule has 0 saturated heterocycles. The van der Waals surface area contributed by atoms with Crippen molar-refractivity contribution in [2.75, 3.05) is 20.1 Å². The quantitative estimate of drug-likeness (QED) is 0.720. The molecule has 4 nitrogen and oxygen atoms in total. The Morgan fingerprint density at radius 3 is 2.26 bits per heavy atom. The number of carbonyl (C=O) groups excluding carboxylic acids is 1. The molecule has 0 heterocycles. The van der Waals surface area contributed by atoms with Crippen molar-refractivity contribution in [1.82, 2.24) is 10.2 Å². The molecule has 0 radical (unpaired) electrons. The first kappa shape index (κ1) is 22.0. The van der Waals surface area contributed by atoms with Gasteiger partial charge in [-0.15, -0.1) is 0 Å². The fourth-order valence-electron chi connectivity index (χ4n) is 2.06. The van der Waals surface area contributed by atoms with E-state index in [1.807, 2.05) is 34.6 Å². The van der Waals surface area contributed by atoms with Crippen molar-refractivity contribution in [1.29, 1.82) is 0 Å². The Balaban J connectivity index is 3.97. The molecule has 138 valence electrons. The van der Waals surface area contributed by atoms with E-state index in [1.165, 1.54) is 4.90 Å². The Morgan fingerprint density at radius 1 is 1.22 bits per heavy atom. The molecule has 1 N–H and O–H groups in total. The number of hydrogen-bond acceptors (Lipinski definition) is 3.